The second kappa shape index (κ2) is 5.81. The number of H-pyrrole nitrogens is 1. The fourth-order valence-corrected chi connectivity index (χ4v) is 2.17. The molecule has 0 radical (unpaired) electrons. The van der Waals surface area contributed by atoms with Gasteiger partial charge in [0, 0.05) is 22.2 Å². The van der Waals surface area contributed by atoms with Gasteiger partial charge in [-0.15, -0.1) is 0 Å². The summed E-state index contributed by atoms with van der Waals surface area (Å²) in [6.45, 7) is 0. The molecule has 0 saturated heterocycles. The summed E-state index contributed by atoms with van der Waals surface area (Å²) in [6, 6.07) is 12.8. The number of rotatable bonds is 3. The van der Waals surface area contributed by atoms with Crippen LogP contribution in [0.1, 0.15) is 5.56 Å². The molecule has 1 amide bonds. The van der Waals surface area contributed by atoms with Crippen LogP contribution in [0.5, 0.6) is 0 Å². The molecule has 0 fully saturated rings. The maximum Gasteiger partial charge on any atom is 0.248 e. The third-order valence-corrected chi connectivity index (χ3v) is 3.22. The van der Waals surface area contributed by atoms with E-state index in [0.717, 1.165) is 16.5 Å². The fourth-order valence-electron chi connectivity index (χ4n) is 1.98. The molecular formula is C16H12ClN3O. The van der Waals surface area contributed by atoms with E-state index in [2.05, 4.69) is 15.5 Å². The first kappa shape index (κ1) is 13.4. The van der Waals surface area contributed by atoms with E-state index in [1.807, 2.05) is 18.2 Å². The molecule has 0 aliphatic rings. The van der Waals surface area contributed by atoms with Crippen molar-refractivity contribution in [3.8, 4) is 0 Å². The number of nitrogens with one attached hydrogen (secondary N) is 2. The number of fused-ring (bicyclic) bond motifs is 1. The highest BCUT2D eigenvalue weighted by Crippen LogP contribution is 2.16. The van der Waals surface area contributed by atoms with Crippen LogP contribution in [0.3, 0.4) is 0 Å². The van der Waals surface area contributed by atoms with Gasteiger partial charge in [-0.2, -0.15) is 5.10 Å². The second-order valence-electron chi connectivity index (χ2n) is 4.55. The number of hydrogen-bond acceptors (Lipinski definition) is 2. The summed E-state index contributed by atoms with van der Waals surface area (Å²) < 4.78 is 0. The lowest BCUT2D eigenvalue weighted by molar-refractivity contribution is -0.111. The lowest BCUT2D eigenvalue weighted by Gasteiger charge is -2.02. The van der Waals surface area contributed by atoms with Gasteiger partial charge in [0.15, 0.2) is 0 Å². The van der Waals surface area contributed by atoms with Crippen molar-refractivity contribution in [2.75, 3.05) is 5.32 Å². The van der Waals surface area contributed by atoms with Crippen molar-refractivity contribution < 1.29 is 4.79 Å². The first-order valence-corrected chi connectivity index (χ1v) is 6.76. The average Bonchev–Trinajstić information content (AvgIpc) is 2.92. The van der Waals surface area contributed by atoms with E-state index < -0.39 is 0 Å². The van der Waals surface area contributed by atoms with Gasteiger partial charge in [0.2, 0.25) is 5.91 Å². The van der Waals surface area contributed by atoms with Gasteiger partial charge in [0.05, 0.1) is 11.7 Å². The number of aromatic amines is 1. The summed E-state index contributed by atoms with van der Waals surface area (Å²) in [5.74, 6) is -0.207. The molecule has 0 atom stereocenters. The minimum atomic E-state index is -0.207. The molecule has 1 aromatic heterocycles. The Bertz CT molecular complexity index is 823. The number of anilines is 1. The van der Waals surface area contributed by atoms with E-state index >= 15 is 0 Å². The van der Waals surface area contributed by atoms with E-state index in [-0.39, 0.29) is 5.91 Å². The Morgan fingerprint density at radius 2 is 2.14 bits per heavy atom. The Kier molecular flexibility index (Phi) is 3.71. The zero-order valence-corrected chi connectivity index (χ0v) is 11.8. The van der Waals surface area contributed by atoms with Gasteiger partial charge >= 0.3 is 0 Å². The Morgan fingerprint density at radius 3 is 3.00 bits per heavy atom. The molecule has 3 aromatic rings. The molecule has 0 aliphatic carbocycles. The van der Waals surface area contributed by atoms with E-state index in [4.69, 9.17) is 11.6 Å². The molecule has 2 aromatic carbocycles. The van der Waals surface area contributed by atoms with Crippen LogP contribution in [0.2, 0.25) is 5.02 Å². The van der Waals surface area contributed by atoms with Gasteiger partial charge in [-0.1, -0.05) is 29.8 Å². The normalized spacial score (nSPS) is 11.1. The highest BCUT2D eigenvalue weighted by Gasteiger charge is 1.99. The van der Waals surface area contributed by atoms with Crippen LogP contribution in [0.15, 0.2) is 54.7 Å². The van der Waals surface area contributed by atoms with Gasteiger partial charge in [0.25, 0.3) is 0 Å². The second-order valence-corrected chi connectivity index (χ2v) is 4.99. The van der Waals surface area contributed by atoms with Crippen LogP contribution in [-0.2, 0) is 4.79 Å². The number of carbonyl (C=O) groups is 1. The largest absolute Gasteiger partial charge is 0.322 e. The molecule has 4 nitrogen and oxygen atoms in total. The van der Waals surface area contributed by atoms with E-state index in [1.165, 1.54) is 6.08 Å². The monoisotopic (exact) mass is 297 g/mol. The predicted octanol–water partition coefficient (Wildman–Crippen LogP) is 3.87. The van der Waals surface area contributed by atoms with E-state index in [1.54, 1.807) is 36.5 Å². The van der Waals surface area contributed by atoms with Crippen molar-refractivity contribution in [1.82, 2.24) is 10.2 Å². The number of halogens is 1. The summed E-state index contributed by atoms with van der Waals surface area (Å²) in [5.41, 5.74) is 2.53. The number of benzene rings is 2. The predicted molar refractivity (Wildman–Crippen MR) is 85.2 cm³/mol. The number of aromatic nitrogens is 2. The van der Waals surface area contributed by atoms with Crippen LogP contribution >= 0.6 is 11.6 Å². The van der Waals surface area contributed by atoms with Crippen LogP contribution in [-0.4, -0.2) is 16.1 Å². The Morgan fingerprint density at radius 1 is 1.24 bits per heavy atom. The van der Waals surface area contributed by atoms with Gasteiger partial charge in [-0.25, -0.2) is 0 Å². The van der Waals surface area contributed by atoms with Gasteiger partial charge in [-0.3, -0.25) is 9.89 Å². The standard InChI is InChI=1S/C16H12ClN3O/c17-13-2-1-3-14(9-13)19-16(21)7-5-11-4-6-12-10-18-20-15(12)8-11/h1-10H,(H,18,20)(H,19,21)/b7-5+. The maximum absolute atomic E-state index is 11.8. The topological polar surface area (TPSA) is 57.8 Å². The first-order valence-electron chi connectivity index (χ1n) is 6.38. The minimum absolute atomic E-state index is 0.207. The molecule has 3 rings (SSSR count). The summed E-state index contributed by atoms with van der Waals surface area (Å²) in [6.07, 6.45) is 4.99. The summed E-state index contributed by atoms with van der Waals surface area (Å²) in [4.78, 5) is 11.8. The smallest absolute Gasteiger partial charge is 0.248 e. The quantitative estimate of drug-likeness (QED) is 0.721. The highest BCUT2D eigenvalue weighted by molar-refractivity contribution is 6.30. The van der Waals surface area contributed by atoms with Gasteiger partial charge in [0.1, 0.15) is 0 Å². The lowest BCUT2D eigenvalue weighted by Crippen LogP contribution is -2.07. The molecule has 0 unspecified atom stereocenters. The highest BCUT2D eigenvalue weighted by atomic mass is 35.5. The number of nitrogens with zero attached hydrogens (tertiary/aromatic N) is 1. The van der Waals surface area contributed by atoms with Crippen molar-refractivity contribution in [1.29, 1.82) is 0 Å². The van der Waals surface area contributed by atoms with E-state index in [9.17, 15) is 4.79 Å². The molecule has 21 heavy (non-hydrogen) atoms. The van der Waals surface area contributed by atoms with E-state index in [0.29, 0.717) is 10.7 Å². The Balaban J connectivity index is 1.71. The van der Waals surface area contributed by atoms with Crippen molar-refractivity contribution in [3.05, 3.63) is 65.3 Å². The molecule has 104 valence electrons. The molecule has 0 saturated carbocycles. The molecule has 0 spiro atoms. The first-order chi connectivity index (χ1) is 10.2. The Labute approximate surface area is 126 Å². The van der Waals surface area contributed by atoms with Gasteiger partial charge < -0.3 is 5.32 Å². The van der Waals surface area contributed by atoms with Crippen molar-refractivity contribution in [3.63, 3.8) is 0 Å². The van der Waals surface area contributed by atoms with Crippen LogP contribution in [0, 0.1) is 0 Å². The van der Waals surface area contributed by atoms with Crippen LogP contribution in [0.25, 0.3) is 17.0 Å². The zero-order valence-electron chi connectivity index (χ0n) is 11.0. The third-order valence-electron chi connectivity index (χ3n) is 2.99. The average molecular weight is 298 g/mol. The summed E-state index contributed by atoms with van der Waals surface area (Å²) >= 11 is 5.87. The number of amides is 1. The Hall–Kier alpha value is -2.59. The third kappa shape index (κ3) is 3.30. The van der Waals surface area contributed by atoms with Crippen molar-refractivity contribution in [2.24, 2.45) is 0 Å². The molecule has 5 heteroatoms. The molecule has 2 N–H and O–H groups in total. The molecule has 1 heterocycles. The molecule has 0 bridgehead atoms. The van der Waals surface area contributed by atoms with Crippen LogP contribution in [0.4, 0.5) is 5.69 Å². The van der Waals surface area contributed by atoms with Crippen molar-refractivity contribution >= 4 is 40.2 Å². The minimum Gasteiger partial charge on any atom is -0.322 e. The molecule has 0 aliphatic heterocycles. The van der Waals surface area contributed by atoms with Gasteiger partial charge in [-0.05, 0) is 35.9 Å². The SMILES string of the molecule is O=C(/C=C/c1ccc2cn[nH]c2c1)Nc1cccc(Cl)c1. The summed E-state index contributed by atoms with van der Waals surface area (Å²) in [7, 11) is 0. The fraction of sp³-hybridized carbons (Fsp3) is 0. The zero-order chi connectivity index (χ0) is 14.7. The van der Waals surface area contributed by atoms with Crippen molar-refractivity contribution in [2.45, 2.75) is 0 Å². The van der Waals surface area contributed by atoms with Crippen LogP contribution < -0.4 is 5.32 Å². The summed E-state index contributed by atoms with van der Waals surface area (Å²) in [5, 5.41) is 11.2. The number of carbonyl (C=O) groups excluding carboxylic acids is 1. The lowest BCUT2D eigenvalue weighted by atomic mass is 10.1. The maximum atomic E-state index is 11.8. The molecular weight excluding hydrogens is 286 g/mol. The number of hydrogen-bond donors (Lipinski definition) is 2.